The molecular formula is C18H21N3O3. The Bertz CT molecular complexity index is 785. The molecule has 24 heavy (non-hydrogen) atoms. The standard InChI is InChI=1S/C18H21N3O3/c1-24-16-5-3-2-4-13(16)6-7-17(22)21-10-8-14-15(9-11-21)19-12-20-18(14)23/h2-5,12H,6-11H2,1H3,(H,19,20,23). The van der Waals surface area contributed by atoms with Gasteiger partial charge in [0.1, 0.15) is 5.75 Å². The maximum atomic E-state index is 12.5. The van der Waals surface area contributed by atoms with E-state index in [0.29, 0.717) is 44.3 Å². The average Bonchev–Trinajstić information content (AvgIpc) is 2.83. The van der Waals surface area contributed by atoms with Gasteiger partial charge in [-0.05, 0) is 24.5 Å². The average molecular weight is 327 g/mol. The number of ether oxygens (including phenoxy) is 1. The van der Waals surface area contributed by atoms with Crippen molar-refractivity contribution in [3.8, 4) is 5.75 Å². The third-order valence-electron chi connectivity index (χ3n) is 4.44. The predicted molar refractivity (Wildman–Crippen MR) is 90.2 cm³/mol. The van der Waals surface area contributed by atoms with Crippen molar-refractivity contribution >= 4 is 5.91 Å². The summed E-state index contributed by atoms with van der Waals surface area (Å²) in [7, 11) is 1.64. The van der Waals surface area contributed by atoms with Crippen LogP contribution >= 0.6 is 0 Å². The second-order valence-electron chi connectivity index (χ2n) is 5.85. The van der Waals surface area contributed by atoms with E-state index < -0.39 is 0 Å². The van der Waals surface area contributed by atoms with Crippen LogP contribution in [0.15, 0.2) is 35.4 Å². The highest BCUT2D eigenvalue weighted by molar-refractivity contribution is 5.76. The van der Waals surface area contributed by atoms with Gasteiger partial charge in [-0.2, -0.15) is 0 Å². The van der Waals surface area contributed by atoms with Crippen LogP contribution in [0.4, 0.5) is 0 Å². The van der Waals surface area contributed by atoms with Crippen molar-refractivity contribution in [2.75, 3.05) is 20.2 Å². The van der Waals surface area contributed by atoms with Crippen molar-refractivity contribution in [1.29, 1.82) is 0 Å². The van der Waals surface area contributed by atoms with Gasteiger partial charge in [0.2, 0.25) is 5.91 Å². The van der Waals surface area contributed by atoms with Gasteiger partial charge < -0.3 is 14.6 Å². The third-order valence-corrected chi connectivity index (χ3v) is 4.44. The number of hydrogen-bond donors (Lipinski definition) is 1. The summed E-state index contributed by atoms with van der Waals surface area (Å²) in [6.45, 7) is 1.17. The van der Waals surface area contributed by atoms with Crippen LogP contribution in [0.25, 0.3) is 0 Å². The van der Waals surface area contributed by atoms with Crippen LogP contribution in [0.1, 0.15) is 23.2 Å². The van der Waals surface area contributed by atoms with Crippen molar-refractivity contribution in [3.05, 3.63) is 57.8 Å². The summed E-state index contributed by atoms with van der Waals surface area (Å²) < 4.78 is 5.33. The SMILES string of the molecule is COc1ccccc1CCC(=O)N1CCc2nc[nH]c(=O)c2CC1. The molecule has 1 amide bonds. The van der Waals surface area contributed by atoms with E-state index in [0.717, 1.165) is 17.0 Å². The number of aryl methyl sites for hydroxylation is 1. The molecule has 1 N–H and O–H groups in total. The first-order valence-corrected chi connectivity index (χ1v) is 8.14. The number of rotatable bonds is 4. The van der Waals surface area contributed by atoms with E-state index >= 15 is 0 Å². The number of para-hydroxylation sites is 1. The topological polar surface area (TPSA) is 75.3 Å². The van der Waals surface area contributed by atoms with Crippen LogP contribution < -0.4 is 10.3 Å². The fourth-order valence-electron chi connectivity index (χ4n) is 3.10. The van der Waals surface area contributed by atoms with Crippen LogP contribution in [0.2, 0.25) is 0 Å². The van der Waals surface area contributed by atoms with Crippen molar-refractivity contribution in [2.24, 2.45) is 0 Å². The van der Waals surface area contributed by atoms with Crippen LogP contribution in [0, 0.1) is 0 Å². The lowest BCUT2D eigenvalue weighted by molar-refractivity contribution is -0.131. The minimum Gasteiger partial charge on any atom is -0.496 e. The van der Waals surface area contributed by atoms with Crippen molar-refractivity contribution in [3.63, 3.8) is 0 Å². The fraction of sp³-hybridized carbons (Fsp3) is 0.389. The van der Waals surface area contributed by atoms with E-state index in [-0.39, 0.29) is 11.5 Å². The van der Waals surface area contributed by atoms with Gasteiger partial charge in [-0.25, -0.2) is 4.98 Å². The van der Waals surface area contributed by atoms with Crippen LogP contribution in [0.3, 0.4) is 0 Å². The first kappa shape index (κ1) is 16.2. The summed E-state index contributed by atoms with van der Waals surface area (Å²) in [5.41, 5.74) is 2.45. The van der Waals surface area contributed by atoms with Gasteiger partial charge in [0.05, 0.1) is 19.1 Å². The number of nitrogens with one attached hydrogen (secondary N) is 1. The number of benzene rings is 1. The molecule has 2 heterocycles. The maximum absolute atomic E-state index is 12.5. The van der Waals surface area contributed by atoms with E-state index in [1.807, 2.05) is 29.2 Å². The molecule has 126 valence electrons. The highest BCUT2D eigenvalue weighted by Gasteiger charge is 2.20. The molecule has 0 unspecified atom stereocenters. The molecule has 0 spiro atoms. The fourth-order valence-corrected chi connectivity index (χ4v) is 3.10. The summed E-state index contributed by atoms with van der Waals surface area (Å²) in [5, 5.41) is 0. The van der Waals surface area contributed by atoms with Gasteiger partial charge in [-0.3, -0.25) is 9.59 Å². The molecule has 1 aromatic carbocycles. The van der Waals surface area contributed by atoms with E-state index in [2.05, 4.69) is 9.97 Å². The minimum atomic E-state index is -0.0941. The molecule has 0 fully saturated rings. The Morgan fingerprint density at radius 2 is 2.08 bits per heavy atom. The summed E-state index contributed by atoms with van der Waals surface area (Å²) in [6.07, 6.45) is 3.69. The highest BCUT2D eigenvalue weighted by atomic mass is 16.5. The van der Waals surface area contributed by atoms with Gasteiger partial charge in [0, 0.05) is 31.5 Å². The molecule has 2 aromatic rings. The molecule has 6 nitrogen and oxygen atoms in total. The molecule has 1 aromatic heterocycles. The van der Waals surface area contributed by atoms with Crippen LogP contribution in [-0.4, -0.2) is 41.0 Å². The van der Waals surface area contributed by atoms with Gasteiger partial charge >= 0.3 is 0 Å². The lowest BCUT2D eigenvalue weighted by Gasteiger charge is -2.20. The largest absolute Gasteiger partial charge is 0.496 e. The predicted octanol–water partition coefficient (Wildman–Crippen LogP) is 1.34. The van der Waals surface area contributed by atoms with Gasteiger partial charge in [-0.15, -0.1) is 0 Å². The van der Waals surface area contributed by atoms with E-state index in [1.54, 1.807) is 7.11 Å². The highest BCUT2D eigenvalue weighted by Crippen LogP contribution is 2.19. The van der Waals surface area contributed by atoms with E-state index in [9.17, 15) is 9.59 Å². The maximum Gasteiger partial charge on any atom is 0.254 e. The van der Waals surface area contributed by atoms with Crippen LogP contribution in [-0.2, 0) is 24.1 Å². The number of carbonyl (C=O) groups is 1. The zero-order valence-corrected chi connectivity index (χ0v) is 13.7. The van der Waals surface area contributed by atoms with Crippen molar-refractivity contribution < 1.29 is 9.53 Å². The Hall–Kier alpha value is -2.63. The zero-order valence-electron chi connectivity index (χ0n) is 13.7. The van der Waals surface area contributed by atoms with Crippen molar-refractivity contribution in [1.82, 2.24) is 14.9 Å². The van der Waals surface area contributed by atoms with Gasteiger partial charge in [0.25, 0.3) is 5.56 Å². The second-order valence-corrected chi connectivity index (χ2v) is 5.85. The zero-order chi connectivity index (χ0) is 16.9. The number of hydrogen-bond acceptors (Lipinski definition) is 4. The monoisotopic (exact) mass is 327 g/mol. The number of aromatic nitrogens is 2. The molecule has 0 aliphatic carbocycles. The molecule has 0 saturated heterocycles. The molecule has 6 heteroatoms. The summed E-state index contributed by atoms with van der Waals surface area (Å²) in [5.74, 6) is 0.912. The number of H-pyrrole nitrogens is 1. The Morgan fingerprint density at radius 1 is 1.29 bits per heavy atom. The number of fused-ring (bicyclic) bond motifs is 1. The minimum absolute atomic E-state index is 0.0941. The Kier molecular flexibility index (Phi) is 4.93. The van der Waals surface area contributed by atoms with Gasteiger partial charge in [-0.1, -0.05) is 18.2 Å². The quantitative estimate of drug-likeness (QED) is 0.919. The first-order chi connectivity index (χ1) is 11.7. The van der Waals surface area contributed by atoms with Crippen molar-refractivity contribution in [2.45, 2.75) is 25.7 Å². The molecule has 3 rings (SSSR count). The molecule has 0 radical (unpaired) electrons. The summed E-state index contributed by atoms with van der Waals surface area (Å²) >= 11 is 0. The Balaban J connectivity index is 1.62. The molecule has 0 saturated carbocycles. The number of amides is 1. The molecule has 1 aliphatic heterocycles. The lowest BCUT2D eigenvalue weighted by Crippen LogP contribution is -2.33. The lowest BCUT2D eigenvalue weighted by atomic mass is 10.1. The summed E-state index contributed by atoms with van der Waals surface area (Å²) in [4.78, 5) is 33.1. The first-order valence-electron chi connectivity index (χ1n) is 8.14. The van der Waals surface area contributed by atoms with Gasteiger partial charge in [0.15, 0.2) is 0 Å². The molecule has 0 bridgehead atoms. The van der Waals surface area contributed by atoms with E-state index in [1.165, 1.54) is 6.33 Å². The number of methoxy groups -OCH3 is 1. The summed E-state index contributed by atoms with van der Waals surface area (Å²) in [6, 6.07) is 7.75. The Labute approximate surface area is 140 Å². The normalized spacial score (nSPS) is 14.0. The molecule has 0 atom stereocenters. The van der Waals surface area contributed by atoms with Crippen LogP contribution in [0.5, 0.6) is 5.75 Å². The molecule has 1 aliphatic rings. The van der Waals surface area contributed by atoms with E-state index in [4.69, 9.17) is 4.74 Å². The second kappa shape index (κ2) is 7.29. The Morgan fingerprint density at radius 3 is 2.92 bits per heavy atom. The third kappa shape index (κ3) is 3.48. The molecular weight excluding hydrogens is 306 g/mol. The number of carbonyl (C=O) groups excluding carboxylic acids is 1. The number of nitrogens with zero attached hydrogens (tertiary/aromatic N) is 2. The smallest absolute Gasteiger partial charge is 0.254 e. The number of aromatic amines is 1.